The van der Waals surface area contributed by atoms with Crippen LogP contribution in [0.5, 0.6) is 0 Å². The number of ether oxygens (including phenoxy) is 1. The number of rotatable bonds is 4. The van der Waals surface area contributed by atoms with Crippen LogP contribution >= 0.6 is 0 Å². The van der Waals surface area contributed by atoms with Gasteiger partial charge in [-0.3, -0.25) is 4.99 Å². The van der Waals surface area contributed by atoms with Gasteiger partial charge in [-0.05, 0) is 17.7 Å². The van der Waals surface area contributed by atoms with E-state index in [1.807, 2.05) is 0 Å². The third kappa shape index (κ3) is 3.51. The molecule has 0 atom stereocenters. The molecule has 5 heteroatoms. The van der Waals surface area contributed by atoms with E-state index in [0.717, 1.165) is 5.56 Å². The predicted molar refractivity (Wildman–Crippen MR) is 61.5 cm³/mol. The van der Waals surface area contributed by atoms with Gasteiger partial charge in [-0.15, -0.1) is 0 Å². The molecule has 0 aliphatic heterocycles. The Morgan fingerprint density at radius 1 is 1.56 bits per heavy atom. The van der Waals surface area contributed by atoms with Gasteiger partial charge in [0.25, 0.3) is 0 Å². The van der Waals surface area contributed by atoms with E-state index in [1.54, 1.807) is 19.2 Å². The van der Waals surface area contributed by atoms with Crippen LogP contribution in [-0.2, 0) is 17.9 Å². The van der Waals surface area contributed by atoms with E-state index in [4.69, 9.17) is 10.5 Å². The van der Waals surface area contributed by atoms with E-state index < -0.39 is 0 Å². The molecule has 0 unspecified atom stereocenters. The molecule has 0 fully saturated rings. The highest BCUT2D eigenvalue weighted by molar-refractivity contribution is 5.77. The lowest BCUT2D eigenvalue weighted by atomic mass is 10.1. The van der Waals surface area contributed by atoms with Gasteiger partial charge in [-0.1, -0.05) is 6.07 Å². The zero-order valence-electron chi connectivity index (χ0n) is 9.46. The molecule has 0 aliphatic carbocycles. The molecule has 1 aromatic carbocycles. The fourth-order valence-electron chi connectivity index (χ4n) is 1.28. The van der Waals surface area contributed by atoms with Crippen LogP contribution in [0.3, 0.4) is 0 Å². The van der Waals surface area contributed by atoms with Crippen LogP contribution in [0.2, 0.25) is 0 Å². The summed E-state index contributed by atoms with van der Waals surface area (Å²) in [7, 11) is 3.13. The van der Waals surface area contributed by atoms with Crippen LogP contribution in [0.4, 0.5) is 4.39 Å². The number of nitrogens with one attached hydrogen (secondary N) is 1. The fourth-order valence-corrected chi connectivity index (χ4v) is 1.28. The van der Waals surface area contributed by atoms with Crippen molar-refractivity contribution in [3.63, 3.8) is 0 Å². The molecule has 4 nitrogen and oxygen atoms in total. The Morgan fingerprint density at radius 2 is 2.31 bits per heavy atom. The number of benzene rings is 1. The van der Waals surface area contributed by atoms with Gasteiger partial charge >= 0.3 is 0 Å². The normalized spacial score (nSPS) is 11.6. The first-order valence-corrected chi connectivity index (χ1v) is 4.89. The van der Waals surface area contributed by atoms with E-state index in [1.165, 1.54) is 13.2 Å². The summed E-state index contributed by atoms with van der Waals surface area (Å²) in [6.45, 7) is 0.775. The molecule has 1 rings (SSSR count). The summed E-state index contributed by atoms with van der Waals surface area (Å²) in [5, 5.41) is 2.90. The zero-order valence-corrected chi connectivity index (χ0v) is 9.46. The Morgan fingerprint density at radius 3 is 2.94 bits per heavy atom. The Balaban J connectivity index is 2.70. The molecule has 0 amide bonds. The van der Waals surface area contributed by atoms with E-state index >= 15 is 0 Å². The first kappa shape index (κ1) is 12.4. The van der Waals surface area contributed by atoms with Gasteiger partial charge in [0.15, 0.2) is 5.96 Å². The second kappa shape index (κ2) is 6.07. The lowest BCUT2D eigenvalue weighted by molar-refractivity contribution is 0.181. The molecule has 88 valence electrons. The van der Waals surface area contributed by atoms with Crippen molar-refractivity contribution in [1.82, 2.24) is 5.32 Å². The van der Waals surface area contributed by atoms with Crippen molar-refractivity contribution in [2.24, 2.45) is 10.7 Å². The van der Waals surface area contributed by atoms with Crippen molar-refractivity contribution in [2.75, 3.05) is 14.2 Å². The number of nitrogens with two attached hydrogens (primary N) is 1. The monoisotopic (exact) mass is 225 g/mol. The summed E-state index contributed by atoms with van der Waals surface area (Å²) in [5.41, 5.74) is 6.95. The van der Waals surface area contributed by atoms with Crippen LogP contribution in [0.1, 0.15) is 11.1 Å². The number of hydrogen-bond acceptors (Lipinski definition) is 2. The van der Waals surface area contributed by atoms with Crippen LogP contribution in [-0.4, -0.2) is 20.1 Å². The van der Waals surface area contributed by atoms with Crippen molar-refractivity contribution in [2.45, 2.75) is 13.2 Å². The topological polar surface area (TPSA) is 59.6 Å². The molecule has 0 aliphatic rings. The molecule has 1 aromatic rings. The van der Waals surface area contributed by atoms with Crippen molar-refractivity contribution in [1.29, 1.82) is 0 Å². The molecular weight excluding hydrogens is 209 g/mol. The minimum atomic E-state index is -0.261. The lowest BCUT2D eigenvalue weighted by Crippen LogP contribution is -2.30. The van der Waals surface area contributed by atoms with Crippen LogP contribution < -0.4 is 11.1 Å². The van der Waals surface area contributed by atoms with Gasteiger partial charge < -0.3 is 15.8 Å². The second-order valence-corrected chi connectivity index (χ2v) is 3.32. The molecule has 3 N–H and O–H groups in total. The minimum absolute atomic E-state index is 0.261. The van der Waals surface area contributed by atoms with Crippen LogP contribution in [0.15, 0.2) is 23.2 Å². The molecule has 0 saturated carbocycles. The smallest absolute Gasteiger partial charge is 0.188 e. The van der Waals surface area contributed by atoms with Gasteiger partial charge in [0.1, 0.15) is 5.82 Å². The Hall–Kier alpha value is -1.62. The quantitative estimate of drug-likeness (QED) is 0.594. The average Bonchev–Trinajstić information content (AvgIpc) is 2.30. The molecule has 0 heterocycles. The Bertz CT molecular complexity index is 379. The molecule has 0 aromatic heterocycles. The SMILES string of the molecule is CN=C(N)NCc1ccc(F)c(COC)c1. The maximum Gasteiger partial charge on any atom is 0.188 e. The summed E-state index contributed by atoms with van der Waals surface area (Å²) in [6.07, 6.45) is 0. The van der Waals surface area contributed by atoms with Gasteiger partial charge in [-0.2, -0.15) is 0 Å². The van der Waals surface area contributed by atoms with Crippen molar-refractivity contribution in [3.8, 4) is 0 Å². The van der Waals surface area contributed by atoms with Gasteiger partial charge in [0.05, 0.1) is 6.61 Å². The van der Waals surface area contributed by atoms with Gasteiger partial charge in [-0.25, -0.2) is 4.39 Å². The summed E-state index contributed by atoms with van der Waals surface area (Å²) < 4.78 is 18.2. The molecule has 0 spiro atoms. The first-order chi connectivity index (χ1) is 7.67. The molecule has 0 bridgehead atoms. The second-order valence-electron chi connectivity index (χ2n) is 3.32. The standard InChI is InChI=1S/C11H16FN3O/c1-14-11(13)15-6-8-3-4-10(12)9(5-8)7-16-2/h3-5H,6-7H2,1-2H3,(H3,13,14,15). The average molecular weight is 225 g/mol. The van der Waals surface area contributed by atoms with Crippen molar-refractivity contribution >= 4 is 5.96 Å². The van der Waals surface area contributed by atoms with E-state index in [0.29, 0.717) is 18.1 Å². The number of hydrogen-bond donors (Lipinski definition) is 2. The van der Waals surface area contributed by atoms with E-state index in [-0.39, 0.29) is 12.4 Å². The van der Waals surface area contributed by atoms with Crippen molar-refractivity contribution < 1.29 is 9.13 Å². The number of nitrogens with zero attached hydrogens (tertiary/aromatic N) is 1. The summed E-state index contributed by atoms with van der Waals surface area (Å²) >= 11 is 0. The Labute approximate surface area is 94.3 Å². The van der Waals surface area contributed by atoms with E-state index in [9.17, 15) is 4.39 Å². The predicted octanol–water partition coefficient (Wildman–Crippen LogP) is 1.01. The largest absolute Gasteiger partial charge is 0.380 e. The molecule has 16 heavy (non-hydrogen) atoms. The number of aliphatic imine (C=N–C) groups is 1. The van der Waals surface area contributed by atoms with Crippen LogP contribution in [0.25, 0.3) is 0 Å². The van der Waals surface area contributed by atoms with Gasteiger partial charge in [0, 0.05) is 26.3 Å². The number of guanidine groups is 1. The lowest BCUT2D eigenvalue weighted by Gasteiger charge is -2.07. The third-order valence-electron chi connectivity index (χ3n) is 2.12. The molecule has 0 saturated heterocycles. The first-order valence-electron chi connectivity index (χ1n) is 4.89. The summed E-state index contributed by atoms with van der Waals surface area (Å²) in [5.74, 6) is 0.0975. The maximum absolute atomic E-state index is 13.3. The van der Waals surface area contributed by atoms with Gasteiger partial charge in [0.2, 0.25) is 0 Å². The zero-order chi connectivity index (χ0) is 12.0. The van der Waals surface area contributed by atoms with Crippen LogP contribution in [0, 0.1) is 5.82 Å². The number of halogens is 1. The molecular formula is C11H16FN3O. The third-order valence-corrected chi connectivity index (χ3v) is 2.12. The fraction of sp³-hybridized carbons (Fsp3) is 0.364. The number of methoxy groups -OCH3 is 1. The highest BCUT2D eigenvalue weighted by Crippen LogP contribution is 2.11. The maximum atomic E-state index is 13.3. The summed E-state index contributed by atoms with van der Waals surface area (Å²) in [4.78, 5) is 3.76. The minimum Gasteiger partial charge on any atom is -0.380 e. The van der Waals surface area contributed by atoms with Crippen molar-refractivity contribution in [3.05, 3.63) is 35.1 Å². The van der Waals surface area contributed by atoms with E-state index in [2.05, 4.69) is 10.3 Å². The molecule has 0 radical (unpaired) electrons. The summed E-state index contributed by atoms with van der Waals surface area (Å²) in [6, 6.07) is 4.86. The highest BCUT2D eigenvalue weighted by atomic mass is 19.1. The Kier molecular flexibility index (Phi) is 4.72. The highest BCUT2D eigenvalue weighted by Gasteiger charge is 2.03.